The van der Waals surface area contributed by atoms with Gasteiger partial charge < -0.3 is 13.7 Å². The van der Waals surface area contributed by atoms with Crippen LogP contribution in [0.4, 0.5) is 0 Å². The number of hydrogen-bond donors (Lipinski definition) is 0. The molecule has 1 atom stereocenters. The van der Waals surface area contributed by atoms with E-state index in [1.807, 2.05) is 42.7 Å². The molecule has 6 nitrogen and oxygen atoms in total. The van der Waals surface area contributed by atoms with Crippen molar-refractivity contribution in [1.29, 1.82) is 0 Å². The molecule has 1 saturated heterocycles. The second-order valence-corrected chi connectivity index (χ2v) is 8.51. The average Bonchev–Trinajstić information content (AvgIpc) is 3.45. The highest BCUT2D eigenvalue weighted by molar-refractivity contribution is 7.98. The molecule has 29 heavy (non-hydrogen) atoms. The fourth-order valence-corrected chi connectivity index (χ4v) is 4.30. The Hall–Kier alpha value is -1.80. The van der Waals surface area contributed by atoms with Gasteiger partial charge in [-0.1, -0.05) is 35.5 Å². The molecule has 4 rings (SSSR count). The highest BCUT2D eigenvalue weighted by atomic mass is 35.5. The van der Waals surface area contributed by atoms with Gasteiger partial charge in [-0.05, 0) is 50.4 Å². The number of aromatic nitrogens is 3. The standard InChI is InChI=1S/C21H25ClN4O2S/c1-25(12-18-8-9-19(28-18)15-5-3-6-16(22)11-15)14-20-23-24-21(29-2)26(20)13-17-7-4-10-27-17/h3,5-6,8-9,11,17H,4,7,10,12-14H2,1-2H3. The Labute approximate surface area is 180 Å². The predicted molar refractivity (Wildman–Crippen MR) is 115 cm³/mol. The summed E-state index contributed by atoms with van der Waals surface area (Å²) < 4.78 is 14.0. The van der Waals surface area contributed by atoms with Crippen LogP contribution in [-0.4, -0.2) is 45.7 Å². The minimum atomic E-state index is 0.256. The molecule has 0 aliphatic carbocycles. The van der Waals surface area contributed by atoms with E-state index in [9.17, 15) is 0 Å². The van der Waals surface area contributed by atoms with Gasteiger partial charge >= 0.3 is 0 Å². The number of furan rings is 1. The van der Waals surface area contributed by atoms with Gasteiger partial charge in [0.1, 0.15) is 17.3 Å². The summed E-state index contributed by atoms with van der Waals surface area (Å²) in [6, 6.07) is 11.7. The van der Waals surface area contributed by atoms with E-state index in [0.717, 1.165) is 54.1 Å². The first-order valence-electron chi connectivity index (χ1n) is 9.73. The smallest absolute Gasteiger partial charge is 0.191 e. The number of benzene rings is 1. The van der Waals surface area contributed by atoms with Crippen molar-refractivity contribution in [3.63, 3.8) is 0 Å². The minimum Gasteiger partial charge on any atom is -0.460 e. The average molecular weight is 433 g/mol. The van der Waals surface area contributed by atoms with Crippen LogP contribution in [0.3, 0.4) is 0 Å². The van der Waals surface area contributed by atoms with Crippen molar-refractivity contribution >= 4 is 23.4 Å². The molecule has 1 aliphatic rings. The Balaban J connectivity index is 1.42. The summed E-state index contributed by atoms with van der Waals surface area (Å²) in [7, 11) is 2.06. The van der Waals surface area contributed by atoms with E-state index < -0.39 is 0 Å². The van der Waals surface area contributed by atoms with E-state index in [-0.39, 0.29) is 6.10 Å². The maximum atomic E-state index is 6.09. The third-order valence-corrected chi connectivity index (χ3v) is 5.90. The maximum Gasteiger partial charge on any atom is 0.191 e. The van der Waals surface area contributed by atoms with Crippen molar-refractivity contribution in [1.82, 2.24) is 19.7 Å². The Bertz CT molecular complexity index is 952. The first-order chi connectivity index (χ1) is 14.1. The van der Waals surface area contributed by atoms with Crippen molar-refractivity contribution in [2.75, 3.05) is 19.9 Å². The number of halogens is 1. The van der Waals surface area contributed by atoms with Crippen LogP contribution in [0.2, 0.25) is 5.02 Å². The molecule has 3 heterocycles. The molecule has 154 valence electrons. The van der Waals surface area contributed by atoms with E-state index in [2.05, 4.69) is 26.7 Å². The molecular weight excluding hydrogens is 408 g/mol. The summed E-state index contributed by atoms with van der Waals surface area (Å²) >= 11 is 7.71. The maximum absolute atomic E-state index is 6.09. The largest absolute Gasteiger partial charge is 0.460 e. The Morgan fingerprint density at radius 2 is 2.14 bits per heavy atom. The molecule has 0 N–H and O–H groups in total. The predicted octanol–water partition coefficient (Wildman–Crippen LogP) is 4.72. The molecule has 2 aromatic heterocycles. The van der Waals surface area contributed by atoms with Crippen LogP contribution in [0.1, 0.15) is 24.4 Å². The van der Waals surface area contributed by atoms with Crippen molar-refractivity contribution in [3.05, 3.63) is 53.0 Å². The number of hydrogen-bond acceptors (Lipinski definition) is 6. The minimum absolute atomic E-state index is 0.256. The van der Waals surface area contributed by atoms with Gasteiger partial charge in [-0.15, -0.1) is 10.2 Å². The zero-order valence-electron chi connectivity index (χ0n) is 16.7. The highest BCUT2D eigenvalue weighted by Crippen LogP contribution is 2.26. The second kappa shape index (κ2) is 9.34. The highest BCUT2D eigenvalue weighted by Gasteiger charge is 2.21. The summed E-state index contributed by atoms with van der Waals surface area (Å²) in [5, 5.41) is 10.4. The number of nitrogens with zero attached hydrogens (tertiary/aromatic N) is 4. The van der Waals surface area contributed by atoms with Crippen molar-refractivity contribution < 1.29 is 9.15 Å². The van der Waals surface area contributed by atoms with E-state index >= 15 is 0 Å². The molecule has 0 radical (unpaired) electrons. The Morgan fingerprint density at radius 3 is 2.90 bits per heavy atom. The molecule has 1 unspecified atom stereocenters. The van der Waals surface area contributed by atoms with Crippen LogP contribution in [0.5, 0.6) is 0 Å². The molecule has 8 heteroatoms. The molecule has 0 spiro atoms. The fourth-order valence-electron chi connectivity index (χ4n) is 3.59. The summed E-state index contributed by atoms with van der Waals surface area (Å²) in [5.74, 6) is 2.67. The van der Waals surface area contributed by atoms with Gasteiger partial charge in [-0.25, -0.2) is 0 Å². The molecule has 0 amide bonds. The first-order valence-corrected chi connectivity index (χ1v) is 11.3. The molecular formula is C21H25ClN4O2S. The molecule has 0 saturated carbocycles. The van der Waals surface area contributed by atoms with E-state index in [4.69, 9.17) is 20.8 Å². The molecule has 1 fully saturated rings. The molecule has 3 aromatic rings. The van der Waals surface area contributed by atoms with Gasteiger partial charge in [0.25, 0.3) is 0 Å². The molecule has 1 aliphatic heterocycles. The molecule has 1 aromatic carbocycles. The van der Waals surface area contributed by atoms with Crippen LogP contribution in [0.15, 0.2) is 46.0 Å². The van der Waals surface area contributed by atoms with Gasteiger partial charge in [0.2, 0.25) is 0 Å². The van der Waals surface area contributed by atoms with Crippen LogP contribution in [-0.2, 0) is 24.4 Å². The number of ether oxygens (including phenoxy) is 1. The van der Waals surface area contributed by atoms with Crippen LogP contribution >= 0.6 is 23.4 Å². The van der Waals surface area contributed by atoms with Crippen LogP contribution in [0.25, 0.3) is 11.3 Å². The van der Waals surface area contributed by atoms with E-state index in [1.165, 1.54) is 0 Å². The quantitative estimate of drug-likeness (QED) is 0.480. The number of thioether (sulfide) groups is 1. The Kier molecular flexibility index (Phi) is 6.60. The fraction of sp³-hybridized carbons (Fsp3) is 0.429. The summed E-state index contributed by atoms with van der Waals surface area (Å²) in [4.78, 5) is 2.18. The van der Waals surface area contributed by atoms with Gasteiger partial charge in [-0.2, -0.15) is 0 Å². The molecule has 0 bridgehead atoms. The third-order valence-electron chi connectivity index (χ3n) is 4.99. The van der Waals surface area contributed by atoms with Gasteiger partial charge in [0.15, 0.2) is 5.16 Å². The lowest BCUT2D eigenvalue weighted by atomic mass is 10.2. The van der Waals surface area contributed by atoms with E-state index in [0.29, 0.717) is 18.1 Å². The SMILES string of the molecule is CSc1nnc(CN(C)Cc2ccc(-c3cccc(Cl)c3)o2)n1CC1CCCO1. The lowest BCUT2D eigenvalue weighted by Gasteiger charge is -2.18. The van der Waals surface area contributed by atoms with Crippen molar-refractivity contribution in [2.45, 2.75) is 43.7 Å². The van der Waals surface area contributed by atoms with Crippen LogP contribution in [0, 0.1) is 0 Å². The summed E-state index contributed by atoms with van der Waals surface area (Å²) in [6.45, 7) is 3.03. The lowest BCUT2D eigenvalue weighted by Crippen LogP contribution is -2.23. The first kappa shape index (κ1) is 20.5. The topological polar surface area (TPSA) is 56.3 Å². The second-order valence-electron chi connectivity index (χ2n) is 7.30. The zero-order valence-corrected chi connectivity index (χ0v) is 18.2. The third kappa shape index (κ3) is 5.04. The Morgan fingerprint density at radius 1 is 1.24 bits per heavy atom. The summed E-state index contributed by atoms with van der Waals surface area (Å²) in [6.07, 6.45) is 4.51. The van der Waals surface area contributed by atoms with E-state index in [1.54, 1.807) is 11.8 Å². The number of rotatable bonds is 8. The van der Waals surface area contributed by atoms with Crippen LogP contribution < -0.4 is 0 Å². The zero-order chi connectivity index (χ0) is 20.2. The monoisotopic (exact) mass is 432 g/mol. The van der Waals surface area contributed by atoms with Crippen molar-refractivity contribution in [3.8, 4) is 11.3 Å². The summed E-state index contributed by atoms with van der Waals surface area (Å²) in [5.41, 5.74) is 0.979. The van der Waals surface area contributed by atoms with Gasteiger partial charge in [-0.3, -0.25) is 4.90 Å². The van der Waals surface area contributed by atoms with Gasteiger partial charge in [0, 0.05) is 17.2 Å². The normalized spacial score (nSPS) is 16.8. The van der Waals surface area contributed by atoms with Gasteiger partial charge in [0.05, 0.1) is 25.7 Å². The lowest BCUT2D eigenvalue weighted by molar-refractivity contribution is 0.0934. The van der Waals surface area contributed by atoms with Crippen molar-refractivity contribution in [2.24, 2.45) is 0 Å².